The molecule has 0 saturated heterocycles. The predicted molar refractivity (Wildman–Crippen MR) is 70.0 cm³/mol. The van der Waals surface area contributed by atoms with Gasteiger partial charge in [-0.15, -0.1) is 11.3 Å². The van der Waals surface area contributed by atoms with Gasteiger partial charge in [0.2, 0.25) is 5.91 Å². The molecule has 1 unspecified atom stereocenters. The number of amides is 1. The summed E-state index contributed by atoms with van der Waals surface area (Å²) in [6.07, 6.45) is 0.748. The molecular weight excluding hydrogens is 234 g/mol. The standard InChI is InChI=1S/C12H15N3OS/c1-8(13)12(16)14-7-6-11-15-9-4-2-3-5-10(9)17-11/h2-5,8H,6-7,13H2,1H3,(H,14,16). The Labute approximate surface area is 104 Å². The van der Waals surface area contributed by atoms with Crippen molar-refractivity contribution in [3.63, 3.8) is 0 Å². The molecule has 1 aromatic carbocycles. The maximum atomic E-state index is 11.3. The number of thiazole rings is 1. The van der Waals surface area contributed by atoms with Crippen molar-refractivity contribution in [2.75, 3.05) is 6.54 Å². The number of nitrogens with zero attached hydrogens (tertiary/aromatic N) is 1. The molecule has 2 aromatic rings. The van der Waals surface area contributed by atoms with Crippen LogP contribution in [-0.2, 0) is 11.2 Å². The van der Waals surface area contributed by atoms with Crippen molar-refractivity contribution in [1.29, 1.82) is 0 Å². The van der Waals surface area contributed by atoms with Crippen molar-refractivity contribution in [2.45, 2.75) is 19.4 Å². The Hall–Kier alpha value is -1.46. The van der Waals surface area contributed by atoms with Crippen LogP contribution in [0.15, 0.2) is 24.3 Å². The first-order valence-electron chi connectivity index (χ1n) is 5.54. The van der Waals surface area contributed by atoms with Crippen LogP contribution in [0.5, 0.6) is 0 Å². The van der Waals surface area contributed by atoms with Crippen molar-refractivity contribution in [1.82, 2.24) is 10.3 Å². The van der Waals surface area contributed by atoms with Gasteiger partial charge in [-0.3, -0.25) is 4.79 Å². The zero-order valence-corrected chi connectivity index (χ0v) is 10.5. The highest BCUT2D eigenvalue weighted by Crippen LogP contribution is 2.21. The summed E-state index contributed by atoms with van der Waals surface area (Å²) in [6, 6.07) is 7.57. The average Bonchev–Trinajstić information content (AvgIpc) is 2.71. The van der Waals surface area contributed by atoms with Crippen molar-refractivity contribution >= 4 is 27.5 Å². The van der Waals surface area contributed by atoms with Gasteiger partial charge in [0, 0.05) is 13.0 Å². The molecule has 1 aromatic heterocycles. The van der Waals surface area contributed by atoms with Gasteiger partial charge in [-0.25, -0.2) is 4.98 Å². The van der Waals surface area contributed by atoms with E-state index in [0.717, 1.165) is 16.9 Å². The summed E-state index contributed by atoms with van der Waals surface area (Å²) in [4.78, 5) is 15.7. The lowest BCUT2D eigenvalue weighted by Gasteiger charge is -2.05. The molecule has 0 radical (unpaired) electrons. The number of hydrogen-bond acceptors (Lipinski definition) is 4. The summed E-state index contributed by atoms with van der Waals surface area (Å²) in [5, 5.41) is 3.82. The third-order valence-corrected chi connectivity index (χ3v) is 3.49. The first-order valence-corrected chi connectivity index (χ1v) is 6.36. The molecule has 0 fully saturated rings. The largest absolute Gasteiger partial charge is 0.354 e. The van der Waals surface area contributed by atoms with E-state index in [1.165, 1.54) is 4.70 Å². The van der Waals surface area contributed by atoms with E-state index >= 15 is 0 Å². The smallest absolute Gasteiger partial charge is 0.236 e. The zero-order chi connectivity index (χ0) is 12.3. The van der Waals surface area contributed by atoms with Gasteiger partial charge in [-0.2, -0.15) is 0 Å². The number of fused-ring (bicyclic) bond motifs is 1. The molecule has 17 heavy (non-hydrogen) atoms. The molecule has 1 heterocycles. The maximum Gasteiger partial charge on any atom is 0.236 e. The summed E-state index contributed by atoms with van der Waals surface area (Å²) in [7, 11) is 0. The highest BCUT2D eigenvalue weighted by Gasteiger charge is 2.07. The highest BCUT2D eigenvalue weighted by molar-refractivity contribution is 7.18. The Morgan fingerprint density at radius 2 is 2.29 bits per heavy atom. The lowest BCUT2D eigenvalue weighted by atomic mass is 10.3. The molecule has 1 atom stereocenters. The Morgan fingerprint density at radius 1 is 1.53 bits per heavy atom. The first-order chi connectivity index (χ1) is 8.16. The number of carbonyl (C=O) groups excluding carboxylic acids is 1. The van der Waals surface area contributed by atoms with Crippen LogP contribution >= 0.6 is 11.3 Å². The molecule has 2 rings (SSSR count). The number of benzene rings is 1. The second kappa shape index (κ2) is 5.25. The topological polar surface area (TPSA) is 68.0 Å². The van der Waals surface area contributed by atoms with Crippen LogP contribution in [0.2, 0.25) is 0 Å². The second-order valence-electron chi connectivity index (χ2n) is 3.91. The fourth-order valence-corrected chi connectivity index (χ4v) is 2.45. The van der Waals surface area contributed by atoms with Crippen molar-refractivity contribution in [3.05, 3.63) is 29.3 Å². The van der Waals surface area contributed by atoms with Gasteiger partial charge in [0.1, 0.15) is 0 Å². The van der Waals surface area contributed by atoms with Crippen molar-refractivity contribution < 1.29 is 4.79 Å². The molecule has 1 amide bonds. The van der Waals surface area contributed by atoms with Gasteiger partial charge in [-0.1, -0.05) is 12.1 Å². The summed E-state index contributed by atoms with van der Waals surface area (Å²) in [5.41, 5.74) is 6.47. The lowest BCUT2D eigenvalue weighted by molar-refractivity contribution is -0.121. The fourth-order valence-electron chi connectivity index (χ4n) is 1.48. The summed E-state index contributed by atoms with van der Waals surface area (Å²) >= 11 is 1.66. The molecule has 3 N–H and O–H groups in total. The summed E-state index contributed by atoms with van der Waals surface area (Å²) < 4.78 is 1.18. The fraction of sp³-hybridized carbons (Fsp3) is 0.333. The van der Waals surface area contributed by atoms with Crippen LogP contribution in [0, 0.1) is 0 Å². The molecule has 5 heteroatoms. The number of hydrogen-bond donors (Lipinski definition) is 2. The Morgan fingerprint density at radius 3 is 3.00 bits per heavy atom. The van der Waals surface area contributed by atoms with E-state index in [1.807, 2.05) is 18.2 Å². The maximum absolute atomic E-state index is 11.3. The number of aromatic nitrogens is 1. The third-order valence-electron chi connectivity index (χ3n) is 2.39. The average molecular weight is 249 g/mol. The molecular formula is C12H15N3OS. The van der Waals surface area contributed by atoms with E-state index in [0.29, 0.717) is 6.54 Å². The van der Waals surface area contributed by atoms with Crippen LogP contribution in [0.4, 0.5) is 0 Å². The Kier molecular flexibility index (Phi) is 3.71. The molecule has 0 aliphatic carbocycles. The highest BCUT2D eigenvalue weighted by atomic mass is 32.1. The SMILES string of the molecule is CC(N)C(=O)NCCc1nc2ccccc2s1. The monoisotopic (exact) mass is 249 g/mol. The van der Waals surface area contributed by atoms with Crippen LogP contribution < -0.4 is 11.1 Å². The molecule has 0 aliphatic rings. The van der Waals surface area contributed by atoms with Crippen LogP contribution in [0.3, 0.4) is 0 Å². The Bertz CT molecular complexity index is 488. The van der Waals surface area contributed by atoms with E-state index in [2.05, 4.69) is 16.4 Å². The van der Waals surface area contributed by atoms with E-state index in [-0.39, 0.29) is 5.91 Å². The number of nitrogens with one attached hydrogen (secondary N) is 1. The number of carbonyl (C=O) groups is 1. The number of rotatable bonds is 4. The summed E-state index contributed by atoms with van der Waals surface area (Å²) in [6.45, 7) is 2.26. The van der Waals surface area contributed by atoms with Gasteiger partial charge in [0.25, 0.3) is 0 Å². The molecule has 0 aliphatic heterocycles. The predicted octanol–water partition coefficient (Wildman–Crippen LogP) is 1.30. The van der Waals surface area contributed by atoms with E-state index in [4.69, 9.17) is 5.73 Å². The summed E-state index contributed by atoms with van der Waals surface area (Å²) in [5.74, 6) is -0.119. The van der Waals surface area contributed by atoms with Gasteiger partial charge in [0.15, 0.2) is 0 Å². The van der Waals surface area contributed by atoms with E-state index in [9.17, 15) is 4.79 Å². The molecule has 0 bridgehead atoms. The lowest BCUT2D eigenvalue weighted by Crippen LogP contribution is -2.39. The quantitative estimate of drug-likeness (QED) is 0.858. The molecule has 4 nitrogen and oxygen atoms in total. The second-order valence-corrected chi connectivity index (χ2v) is 5.02. The Balaban J connectivity index is 1.93. The molecule has 0 saturated carbocycles. The van der Waals surface area contributed by atoms with Gasteiger partial charge < -0.3 is 11.1 Å². The molecule has 0 spiro atoms. The van der Waals surface area contributed by atoms with Crippen molar-refractivity contribution in [3.8, 4) is 0 Å². The number of para-hydroxylation sites is 1. The van der Waals surface area contributed by atoms with Crippen LogP contribution in [0.25, 0.3) is 10.2 Å². The van der Waals surface area contributed by atoms with Gasteiger partial charge in [0.05, 0.1) is 21.3 Å². The third kappa shape index (κ3) is 3.01. The van der Waals surface area contributed by atoms with Crippen molar-refractivity contribution in [2.24, 2.45) is 5.73 Å². The minimum Gasteiger partial charge on any atom is -0.354 e. The van der Waals surface area contributed by atoms with E-state index in [1.54, 1.807) is 18.3 Å². The van der Waals surface area contributed by atoms with Crippen LogP contribution in [-0.4, -0.2) is 23.5 Å². The minimum absolute atomic E-state index is 0.119. The van der Waals surface area contributed by atoms with Crippen LogP contribution in [0.1, 0.15) is 11.9 Å². The van der Waals surface area contributed by atoms with E-state index < -0.39 is 6.04 Å². The first kappa shape index (κ1) is 12.0. The normalized spacial score (nSPS) is 12.6. The van der Waals surface area contributed by atoms with Gasteiger partial charge >= 0.3 is 0 Å². The zero-order valence-electron chi connectivity index (χ0n) is 9.64. The molecule has 90 valence electrons. The number of nitrogens with two attached hydrogens (primary N) is 1. The van der Waals surface area contributed by atoms with Gasteiger partial charge in [-0.05, 0) is 19.1 Å². The minimum atomic E-state index is -0.453.